The van der Waals surface area contributed by atoms with Crippen molar-refractivity contribution in [2.45, 2.75) is 64.0 Å². The van der Waals surface area contributed by atoms with Gasteiger partial charge in [-0.05, 0) is 18.8 Å². The molecule has 0 radical (unpaired) electrons. The molecule has 104 valence electrons. The number of carbonyl (C=O) groups excluding carboxylic acids is 2. The van der Waals surface area contributed by atoms with Crippen LogP contribution in [0.3, 0.4) is 0 Å². The van der Waals surface area contributed by atoms with Gasteiger partial charge in [-0.1, -0.05) is 33.1 Å². The average molecular weight is 256 g/mol. The fraction of sp³-hybridized carbons (Fsp3) is 0.846. The van der Waals surface area contributed by atoms with Gasteiger partial charge in [-0.3, -0.25) is 9.59 Å². The van der Waals surface area contributed by atoms with Crippen LogP contribution in [0.15, 0.2) is 0 Å². The van der Waals surface area contributed by atoms with Gasteiger partial charge in [0.1, 0.15) is 5.54 Å². The second-order valence-electron chi connectivity index (χ2n) is 5.57. The van der Waals surface area contributed by atoms with E-state index >= 15 is 0 Å². The summed E-state index contributed by atoms with van der Waals surface area (Å²) in [5, 5.41) is 12.4. The number of rotatable bonds is 5. The first-order valence-corrected chi connectivity index (χ1v) is 6.66. The standard InChI is InChI=1S/C13H24N2O3/c1-9(2)10(16)8-11(17)15-13(12(14)18)6-4-3-5-7-13/h9-10,16H,3-8H2,1-2H3,(H2,14,18)(H,15,17). The highest BCUT2D eigenvalue weighted by Crippen LogP contribution is 2.28. The molecule has 0 aliphatic heterocycles. The molecule has 2 amide bonds. The zero-order chi connectivity index (χ0) is 13.8. The molecule has 1 aliphatic carbocycles. The van der Waals surface area contributed by atoms with Crippen LogP contribution in [0.4, 0.5) is 0 Å². The largest absolute Gasteiger partial charge is 0.392 e. The van der Waals surface area contributed by atoms with Gasteiger partial charge >= 0.3 is 0 Å². The number of hydrogen-bond donors (Lipinski definition) is 3. The van der Waals surface area contributed by atoms with Crippen LogP contribution in [0.2, 0.25) is 0 Å². The molecular formula is C13H24N2O3. The van der Waals surface area contributed by atoms with Crippen molar-refractivity contribution in [3.63, 3.8) is 0 Å². The van der Waals surface area contributed by atoms with Crippen LogP contribution in [-0.2, 0) is 9.59 Å². The van der Waals surface area contributed by atoms with Crippen molar-refractivity contribution in [3.8, 4) is 0 Å². The minimum atomic E-state index is -0.897. The van der Waals surface area contributed by atoms with Crippen LogP contribution in [0, 0.1) is 5.92 Å². The Morgan fingerprint density at radius 2 is 1.83 bits per heavy atom. The van der Waals surface area contributed by atoms with Crippen LogP contribution in [0.1, 0.15) is 52.4 Å². The molecule has 0 aromatic carbocycles. The van der Waals surface area contributed by atoms with Crippen LogP contribution in [0.25, 0.3) is 0 Å². The van der Waals surface area contributed by atoms with Crippen molar-refractivity contribution >= 4 is 11.8 Å². The molecule has 0 aromatic rings. The van der Waals surface area contributed by atoms with Gasteiger partial charge in [-0.25, -0.2) is 0 Å². The van der Waals surface area contributed by atoms with Crippen molar-refractivity contribution in [1.82, 2.24) is 5.32 Å². The van der Waals surface area contributed by atoms with Crippen LogP contribution in [-0.4, -0.2) is 28.6 Å². The lowest BCUT2D eigenvalue weighted by atomic mass is 9.81. The van der Waals surface area contributed by atoms with Gasteiger partial charge < -0.3 is 16.2 Å². The molecule has 0 saturated heterocycles. The SMILES string of the molecule is CC(C)C(O)CC(=O)NC1(C(N)=O)CCCCC1. The fourth-order valence-electron chi connectivity index (χ4n) is 2.33. The summed E-state index contributed by atoms with van der Waals surface area (Å²) < 4.78 is 0. The van der Waals surface area contributed by atoms with E-state index in [0.29, 0.717) is 12.8 Å². The molecule has 5 nitrogen and oxygen atoms in total. The van der Waals surface area contributed by atoms with Gasteiger partial charge in [0, 0.05) is 0 Å². The van der Waals surface area contributed by atoms with Crippen molar-refractivity contribution in [1.29, 1.82) is 0 Å². The number of aliphatic hydroxyl groups is 1. The number of amides is 2. The molecule has 1 aliphatic rings. The Labute approximate surface area is 108 Å². The minimum absolute atomic E-state index is 0.0200. The summed E-state index contributed by atoms with van der Waals surface area (Å²) >= 11 is 0. The van der Waals surface area contributed by atoms with E-state index in [4.69, 9.17) is 5.73 Å². The van der Waals surface area contributed by atoms with Crippen LogP contribution < -0.4 is 11.1 Å². The maximum atomic E-state index is 11.9. The zero-order valence-corrected chi connectivity index (χ0v) is 11.2. The first-order valence-electron chi connectivity index (χ1n) is 6.66. The van der Waals surface area contributed by atoms with E-state index in [9.17, 15) is 14.7 Å². The number of carbonyl (C=O) groups is 2. The molecule has 1 atom stereocenters. The van der Waals surface area contributed by atoms with Crippen LogP contribution >= 0.6 is 0 Å². The Morgan fingerprint density at radius 1 is 1.28 bits per heavy atom. The molecule has 1 saturated carbocycles. The molecular weight excluding hydrogens is 232 g/mol. The highest BCUT2D eigenvalue weighted by Gasteiger charge is 2.39. The summed E-state index contributed by atoms with van der Waals surface area (Å²) in [5.41, 5.74) is 4.53. The number of aliphatic hydroxyl groups excluding tert-OH is 1. The highest BCUT2D eigenvalue weighted by molar-refractivity contribution is 5.90. The van der Waals surface area contributed by atoms with Gasteiger partial charge in [-0.15, -0.1) is 0 Å². The Bertz CT molecular complexity index is 309. The van der Waals surface area contributed by atoms with E-state index in [1.165, 1.54) is 0 Å². The van der Waals surface area contributed by atoms with Crippen LogP contribution in [0.5, 0.6) is 0 Å². The third kappa shape index (κ3) is 3.70. The molecule has 0 heterocycles. The van der Waals surface area contributed by atoms with Crippen molar-refractivity contribution in [2.24, 2.45) is 11.7 Å². The normalized spacial score (nSPS) is 20.4. The number of nitrogens with two attached hydrogens (primary N) is 1. The van der Waals surface area contributed by atoms with Crippen molar-refractivity contribution < 1.29 is 14.7 Å². The lowest BCUT2D eigenvalue weighted by molar-refractivity contribution is -0.134. The molecule has 5 heteroatoms. The van der Waals surface area contributed by atoms with E-state index in [-0.39, 0.29) is 18.2 Å². The highest BCUT2D eigenvalue weighted by atomic mass is 16.3. The smallest absolute Gasteiger partial charge is 0.243 e. The van der Waals surface area contributed by atoms with E-state index in [0.717, 1.165) is 19.3 Å². The lowest BCUT2D eigenvalue weighted by Gasteiger charge is -2.35. The lowest BCUT2D eigenvalue weighted by Crippen LogP contribution is -2.58. The Kier molecular flexibility index (Phi) is 5.14. The van der Waals surface area contributed by atoms with Crippen molar-refractivity contribution in [3.05, 3.63) is 0 Å². The molecule has 1 unspecified atom stereocenters. The molecule has 0 bridgehead atoms. The quantitative estimate of drug-likeness (QED) is 0.676. The molecule has 0 aromatic heterocycles. The summed E-state index contributed by atoms with van der Waals surface area (Å²) in [6.45, 7) is 3.70. The fourth-order valence-corrected chi connectivity index (χ4v) is 2.33. The number of primary amides is 1. The number of nitrogens with one attached hydrogen (secondary N) is 1. The maximum absolute atomic E-state index is 11.9. The molecule has 18 heavy (non-hydrogen) atoms. The van der Waals surface area contributed by atoms with Gasteiger partial charge in [0.05, 0.1) is 12.5 Å². The molecule has 4 N–H and O–H groups in total. The predicted molar refractivity (Wildman–Crippen MR) is 68.6 cm³/mol. The third-order valence-electron chi connectivity index (χ3n) is 3.72. The first kappa shape index (κ1) is 15.0. The monoisotopic (exact) mass is 256 g/mol. The molecule has 1 rings (SSSR count). The minimum Gasteiger partial charge on any atom is -0.392 e. The zero-order valence-electron chi connectivity index (χ0n) is 11.2. The van der Waals surface area contributed by atoms with Gasteiger partial charge in [0.2, 0.25) is 11.8 Å². The topological polar surface area (TPSA) is 92.4 Å². The predicted octanol–water partition coefficient (Wildman–Crippen LogP) is 0.698. The summed E-state index contributed by atoms with van der Waals surface area (Å²) in [6.07, 6.45) is 3.41. The summed E-state index contributed by atoms with van der Waals surface area (Å²) in [7, 11) is 0. The summed E-state index contributed by atoms with van der Waals surface area (Å²) in [6, 6.07) is 0. The first-order chi connectivity index (χ1) is 8.37. The average Bonchev–Trinajstić information content (AvgIpc) is 2.29. The Balaban J connectivity index is 2.61. The molecule has 0 spiro atoms. The number of hydrogen-bond acceptors (Lipinski definition) is 3. The van der Waals surface area contributed by atoms with E-state index in [1.54, 1.807) is 0 Å². The Morgan fingerprint density at radius 3 is 2.28 bits per heavy atom. The second kappa shape index (κ2) is 6.18. The van der Waals surface area contributed by atoms with E-state index < -0.39 is 17.6 Å². The third-order valence-corrected chi connectivity index (χ3v) is 3.72. The maximum Gasteiger partial charge on any atom is 0.243 e. The summed E-state index contributed by atoms with van der Waals surface area (Å²) in [5.74, 6) is -0.738. The van der Waals surface area contributed by atoms with Gasteiger partial charge in [-0.2, -0.15) is 0 Å². The van der Waals surface area contributed by atoms with Crippen molar-refractivity contribution in [2.75, 3.05) is 0 Å². The molecule has 1 fully saturated rings. The van der Waals surface area contributed by atoms with E-state index in [1.807, 2.05) is 13.8 Å². The Hall–Kier alpha value is -1.10. The van der Waals surface area contributed by atoms with Gasteiger partial charge in [0.25, 0.3) is 0 Å². The van der Waals surface area contributed by atoms with E-state index in [2.05, 4.69) is 5.32 Å². The second-order valence-corrected chi connectivity index (χ2v) is 5.57. The van der Waals surface area contributed by atoms with Gasteiger partial charge in [0.15, 0.2) is 0 Å². The summed E-state index contributed by atoms with van der Waals surface area (Å²) in [4.78, 5) is 23.4.